The van der Waals surface area contributed by atoms with Gasteiger partial charge < -0.3 is 14.4 Å². The molecule has 1 atom stereocenters. The third-order valence-electron chi connectivity index (χ3n) is 10.4. The second kappa shape index (κ2) is 12.2. The molecule has 1 unspecified atom stereocenters. The molecular formula is C49H33NO2. The Hall–Kier alpha value is -6.84. The van der Waals surface area contributed by atoms with Crippen molar-refractivity contribution in [3.05, 3.63) is 222 Å². The summed E-state index contributed by atoms with van der Waals surface area (Å²) < 4.78 is 13.1. The van der Waals surface area contributed by atoms with Crippen LogP contribution in [0, 0.1) is 0 Å². The van der Waals surface area contributed by atoms with Crippen molar-refractivity contribution in [2.24, 2.45) is 0 Å². The van der Waals surface area contributed by atoms with Crippen molar-refractivity contribution in [3.63, 3.8) is 0 Å². The molecule has 2 aliphatic rings. The van der Waals surface area contributed by atoms with Crippen LogP contribution in [-0.2, 0) is 5.41 Å². The molecule has 0 saturated carbocycles. The Balaban J connectivity index is 1.14. The molecule has 52 heavy (non-hydrogen) atoms. The summed E-state index contributed by atoms with van der Waals surface area (Å²) in [6, 6.07) is 70.8. The van der Waals surface area contributed by atoms with Gasteiger partial charge in [-0.15, -0.1) is 0 Å². The minimum Gasteiger partial charge on any atom is -0.449 e. The van der Waals surface area contributed by atoms with E-state index in [0.29, 0.717) is 0 Å². The number of fused-ring (bicyclic) bond motifs is 6. The Bertz CT molecular complexity index is 2550. The SMILES string of the molecule is c1ccc(-c2ccc(N(c3ccccc3)c3ccc(C4(c5ccccc5)c5ccccc5-c5c4ccc4c5Oc5ccccc5O4)cc3)cc2)cc1. The van der Waals surface area contributed by atoms with Crippen molar-refractivity contribution in [1.29, 1.82) is 0 Å². The summed E-state index contributed by atoms with van der Waals surface area (Å²) in [5.41, 5.74) is 12.1. The van der Waals surface area contributed by atoms with Crippen LogP contribution in [0.1, 0.15) is 22.3 Å². The zero-order valence-corrected chi connectivity index (χ0v) is 28.3. The molecule has 1 heterocycles. The summed E-state index contributed by atoms with van der Waals surface area (Å²) in [5, 5.41) is 0. The first-order chi connectivity index (χ1) is 25.8. The molecule has 0 bridgehead atoms. The number of ether oxygens (including phenoxy) is 2. The topological polar surface area (TPSA) is 21.7 Å². The van der Waals surface area contributed by atoms with Gasteiger partial charge in [0, 0.05) is 22.6 Å². The summed E-state index contributed by atoms with van der Waals surface area (Å²) >= 11 is 0. The zero-order valence-electron chi connectivity index (χ0n) is 28.3. The number of anilines is 3. The van der Waals surface area contributed by atoms with Gasteiger partial charge in [0.1, 0.15) is 0 Å². The van der Waals surface area contributed by atoms with E-state index in [1.807, 2.05) is 24.3 Å². The largest absolute Gasteiger partial charge is 0.449 e. The Kier molecular flexibility index (Phi) is 7.04. The molecule has 246 valence electrons. The number of nitrogens with zero attached hydrogens (tertiary/aromatic N) is 1. The van der Waals surface area contributed by atoms with Crippen LogP contribution in [0.4, 0.5) is 17.1 Å². The summed E-state index contributed by atoms with van der Waals surface area (Å²) in [6.07, 6.45) is 0. The van der Waals surface area contributed by atoms with E-state index in [1.54, 1.807) is 0 Å². The molecule has 0 radical (unpaired) electrons. The fraction of sp³-hybridized carbons (Fsp3) is 0.0204. The number of hydrogen-bond acceptors (Lipinski definition) is 3. The highest BCUT2D eigenvalue weighted by Crippen LogP contribution is 2.62. The number of rotatable bonds is 6. The van der Waals surface area contributed by atoms with E-state index in [9.17, 15) is 0 Å². The Morgan fingerprint density at radius 2 is 0.865 bits per heavy atom. The summed E-state index contributed by atoms with van der Waals surface area (Å²) in [6.45, 7) is 0. The van der Waals surface area contributed by atoms with Gasteiger partial charge in [-0.1, -0.05) is 146 Å². The van der Waals surface area contributed by atoms with Crippen LogP contribution in [0.3, 0.4) is 0 Å². The normalized spacial score (nSPS) is 14.9. The van der Waals surface area contributed by atoms with E-state index >= 15 is 0 Å². The van der Waals surface area contributed by atoms with Gasteiger partial charge in [-0.2, -0.15) is 0 Å². The lowest BCUT2D eigenvalue weighted by molar-refractivity contribution is 0.360. The fourth-order valence-electron chi connectivity index (χ4n) is 8.14. The summed E-state index contributed by atoms with van der Waals surface area (Å²) in [5.74, 6) is 2.93. The zero-order chi connectivity index (χ0) is 34.5. The summed E-state index contributed by atoms with van der Waals surface area (Å²) in [4.78, 5) is 2.32. The second-order valence-corrected chi connectivity index (χ2v) is 13.3. The van der Waals surface area contributed by atoms with Crippen LogP contribution in [0.15, 0.2) is 200 Å². The van der Waals surface area contributed by atoms with Crippen molar-refractivity contribution >= 4 is 17.1 Å². The van der Waals surface area contributed by atoms with Gasteiger partial charge in [0.15, 0.2) is 23.0 Å². The lowest BCUT2D eigenvalue weighted by Gasteiger charge is -2.35. The van der Waals surface area contributed by atoms with Crippen LogP contribution < -0.4 is 14.4 Å². The van der Waals surface area contributed by atoms with Crippen molar-refractivity contribution in [2.75, 3.05) is 4.90 Å². The van der Waals surface area contributed by atoms with Crippen molar-refractivity contribution in [1.82, 2.24) is 0 Å². The maximum atomic E-state index is 6.70. The minimum absolute atomic E-state index is 0.587. The van der Waals surface area contributed by atoms with Crippen LogP contribution in [0.5, 0.6) is 23.0 Å². The highest BCUT2D eigenvalue weighted by atomic mass is 16.6. The molecule has 0 saturated heterocycles. The summed E-state index contributed by atoms with van der Waals surface area (Å²) in [7, 11) is 0. The first-order valence-electron chi connectivity index (χ1n) is 17.7. The lowest BCUT2D eigenvalue weighted by atomic mass is 9.67. The number of para-hydroxylation sites is 3. The molecule has 10 rings (SSSR count). The maximum absolute atomic E-state index is 6.70. The first kappa shape index (κ1) is 30.0. The fourth-order valence-corrected chi connectivity index (χ4v) is 8.14. The quantitative estimate of drug-likeness (QED) is 0.176. The third-order valence-corrected chi connectivity index (χ3v) is 10.4. The maximum Gasteiger partial charge on any atom is 0.178 e. The van der Waals surface area contributed by atoms with E-state index in [4.69, 9.17) is 9.47 Å². The van der Waals surface area contributed by atoms with Gasteiger partial charge >= 0.3 is 0 Å². The highest BCUT2D eigenvalue weighted by molar-refractivity contribution is 5.92. The molecule has 3 nitrogen and oxygen atoms in total. The second-order valence-electron chi connectivity index (χ2n) is 13.3. The van der Waals surface area contributed by atoms with E-state index in [-0.39, 0.29) is 0 Å². The predicted molar refractivity (Wildman–Crippen MR) is 210 cm³/mol. The molecule has 1 aliphatic carbocycles. The average molecular weight is 668 g/mol. The van der Waals surface area contributed by atoms with Gasteiger partial charge in [-0.05, 0) is 93.5 Å². The van der Waals surface area contributed by atoms with Crippen LogP contribution in [-0.4, -0.2) is 0 Å². The van der Waals surface area contributed by atoms with Gasteiger partial charge in [0.25, 0.3) is 0 Å². The monoisotopic (exact) mass is 667 g/mol. The van der Waals surface area contributed by atoms with Crippen molar-refractivity contribution in [2.45, 2.75) is 5.41 Å². The molecule has 0 N–H and O–H groups in total. The van der Waals surface area contributed by atoms with Gasteiger partial charge in [-0.3, -0.25) is 0 Å². The molecule has 0 fully saturated rings. The molecule has 8 aromatic rings. The Morgan fingerprint density at radius 3 is 1.58 bits per heavy atom. The molecule has 0 amide bonds. The molecule has 8 aromatic carbocycles. The molecular weight excluding hydrogens is 635 g/mol. The van der Waals surface area contributed by atoms with Crippen LogP contribution in [0.25, 0.3) is 22.3 Å². The van der Waals surface area contributed by atoms with E-state index in [0.717, 1.165) is 51.2 Å². The third kappa shape index (κ3) is 4.67. The minimum atomic E-state index is -0.587. The molecule has 0 spiro atoms. The van der Waals surface area contributed by atoms with Crippen LogP contribution in [0.2, 0.25) is 0 Å². The average Bonchev–Trinajstić information content (AvgIpc) is 3.53. The van der Waals surface area contributed by atoms with Gasteiger partial charge in [0.05, 0.1) is 5.41 Å². The van der Waals surface area contributed by atoms with Crippen molar-refractivity contribution in [3.8, 4) is 45.3 Å². The van der Waals surface area contributed by atoms with E-state index in [2.05, 4.69) is 181 Å². The molecule has 3 heteroatoms. The Labute approximate surface area is 303 Å². The molecule has 0 aromatic heterocycles. The predicted octanol–water partition coefficient (Wildman–Crippen LogP) is 13.1. The first-order valence-corrected chi connectivity index (χ1v) is 17.7. The Morgan fingerprint density at radius 1 is 0.346 bits per heavy atom. The number of benzene rings is 8. The van der Waals surface area contributed by atoms with Crippen molar-refractivity contribution < 1.29 is 9.47 Å². The van der Waals surface area contributed by atoms with E-state index in [1.165, 1.54) is 33.4 Å². The molecule has 1 aliphatic heterocycles. The lowest BCUT2D eigenvalue weighted by Crippen LogP contribution is -2.28. The van der Waals surface area contributed by atoms with E-state index < -0.39 is 5.41 Å². The standard InChI is InChI=1S/C49H33NO2/c1-4-14-34(15-5-1)35-24-28-39(29-25-35)50(38-18-8-3-9-19-38)40-30-26-37(27-31-40)49(36-16-6-2-7-17-36)42-21-11-10-20-41(42)47-43(49)32-33-46-48(47)52-45-23-13-12-22-44(45)51-46/h1-33H. The van der Waals surface area contributed by atoms with Crippen LogP contribution >= 0.6 is 0 Å². The number of hydrogen-bond donors (Lipinski definition) is 0. The smallest absolute Gasteiger partial charge is 0.178 e. The van der Waals surface area contributed by atoms with Gasteiger partial charge in [0.2, 0.25) is 0 Å². The van der Waals surface area contributed by atoms with Gasteiger partial charge in [-0.25, -0.2) is 0 Å². The highest BCUT2D eigenvalue weighted by Gasteiger charge is 2.48.